The monoisotopic (exact) mass is 230 g/mol. The molecule has 0 N–H and O–H groups in total. The van der Waals surface area contributed by atoms with Gasteiger partial charge in [-0.2, -0.15) is 0 Å². The van der Waals surface area contributed by atoms with Crippen LogP contribution in [0.25, 0.3) is 0 Å². The molecule has 1 fully saturated rings. The number of amides is 1. The summed E-state index contributed by atoms with van der Waals surface area (Å²) < 4.78 is 5.25. The van der Waals surface area contributed by atoms with Crippen LogP contribution in [0.1, 0.15) is 23.2 Å². The Bertz CT molecular complexity index is 496. The molecule has 4 nitrogen and oxygen atoms in total. The van der Waals surface area contributed by atoms with Crippen LogP contribution in [0.2, 0.25) is 0 Å². The number of ether oxygens (including phenoxy) is 1. The second-order valence-electron chi connectivity index (χ2n) is 4.34. The highest BCUT2D eigenvalue weighted by Crippen LogP contribution is 2.35. The van der Waals surface area contributed by atoms with Gasteiger partial charge < -0.3 is 9.64 Å². The van der Waals surface area contributed by atoms with Gasteiger partial charge in [0.15, 0.2) is 0 Å². The number of fused-ring (bicyclic) bond motifs is 2. The number of hydrogen-bond donors (Lipinski definition) is 0. The van der Waals surface area contributed by atoms with E-state index in [1.807, 2.05) is 29.3 Å². The highest BCUT2D eigenvalue weighted by molar-refractivity contribution is 6.03. The van der Waals surface area contributed by atoms with Gasteiger partial charge in [0.05, 0.1) is 18.7 Å². The summed E-state index contributed by atoms with van der Waals surface area (Å²) in [5.74, 6) is 0.729. The van der Waals surface area contributed by atoms with E-state index in [4.69, 9.17) is 4.74 Å². The second-order valence-corrected chi connectivity index (χ2v) is 4.34. The van der Waals surface area contributed by atoms with Crippen molar-refractivity contribution in [2.75, 3.05) is 13.7 Å². The Morgan fingerprint density at radius 1 is 1.47 bits per heavy atom. The smallest absolute Gasteiger partial charge is 0.256 e. The zero-order valence-electron chi connectivity index (χ0n) is 9.72. The third-order valence-corrected chi connectivity index (χ3v) is 3.39. The minimum atomic E-state index is 0.0684. The van der Waals surface area contributed by atoms with Crippen molar-refractivity contribution < 1.29 is 9.53 Å². The first-order chi connectivity index (χ1) is 8.31. The van der Waals surface area contributed by atoms with Crippen LogP contribution in [0.15, 0.2) is 23.2 Å². The lowest BCUT2D eigenvalue weighted by Gasteiger charge is -2.19. The van der Waals surface area contributed by atoms with Gasteiger partial charge in [0.25, 0.3) is 5.91 Å². The lowest BCUT2D eigenvalue weighted by atomic mass is 10.1. The van der Waals surface area contributed by atoms with E-state index >= 15 is 0 Å². The number of carbonyl (C=O) groups is 1. The Labute approximate surface area is 99.9 Å². The fourth-order valence-electron chi connectivity index (χ4n) is 2.51. The highest BCUT2D eigenvalue weighted by atomic mass is 16.5. The fourth-order valence-corrected chi connectivity index (χ4v) is 2.51. The average Bonchev–Trinajstić information content (AvgIpc) is 2.78. The molecule has 1 unspecified atom stereocenters. The van der Waals surface area contributed by atoms with E-state index in [1.165, 1.54) is 0 Å². The summed E-state index contributed by atoms with van der Waals surface area (Å²) in [7, 11) is 1.60. The van der Waals surface area contributed by atoms with Crippen molar-refractivity contribution in [3.8, 4) is 5.75 Å². The van der Waals surface area contributed by atoms with Crippen molar-refractivity contribution in [1.29, 1.82) is 0 Å². The quantitative estimate of drug-likeness (QED) is 0.740. The molecule has 0 saturated carbocycles. The molecule has 0 spiro atoms. The van der Waals surface area contributed by atoms with Gasteiger partial charge >= 0.3 is 0 Å². The van der Waals surface area contributed by atoms with Gasteiger partial charge in [-0.3, -0.25) is 9.79 Å². The molecule has 2 aliphatic heterocycles. The van der Waals surface area contributed by atoms with Crippen LogP contribution < -0.4 is 4.74 Å². The largest absolute Gasteiger partial charge is 0.494 e. The van der Waals surface area contributed by atoms with E-state index in [0.29, 0.717) is 17.0 Å². The molecule has 1 saturated heterocycles. The third-order valence-electron chi connectivity index (χ3n) is 3.39. The maximum atomic E-state index is 12.4. The van der Waals surface area contributed by atoms with E-state index in [9.17, 15) is 4.79 Å². The Hall–Kier alpha value is -1.84. The zero-order valence-corrected chi connectivity index (χ0v) is 9.72. The minimum absolute atomic E-state index is 0.0684. The Morgan fingerprint density at radius 2 is 2.35 bits per heavy atom. The zero-order chi connectivity index (χ0) is 11.8. The summed E-state index contributed by atoms with van der Waals surface area (Å²) in [6.45, 7) is 0.826. The SMILES string of the molecule is COc1cccc2c1N=CC1CCCN1C2=O. The molecule has 2 heterocycles. The van der Waals surface area contributed by atoms with Gasteiger partial charge in [0.1, 0.15) is 11.4 Å². The standard InChI is InChI=1S/C13H14N2O2/c1-17-11-6-2-5-10-12(11)14-8-9-4-3-7-15(9)13(10)16/h2,5-6,8-9H,3-4,7H2,1H3. The predicted molar refractivity (Wildman–Crippen MR) is 65.2 cm³/mol. The number of carbonyl (C=O) groups excluding carboxylic acids is 1. The summed E-state index contributed by atoms with van der Waals surface area (Å²) in [5, 5.41) is 0. The lowest BCUT2D eigenvalue weighted by molar-refractivity contribution is 0.0774. The Kier molecular flexibility index (Phi) is 2.35. The molecule has 0 radical (unpaired) electrons. The molecule has 3 rings (SSSR count). The first-order valence-corrected chi connectivity index (χ1v) is 5.83. The number of benzene rings is 1. The second kappa shape index (κ2) is 3.87. The fraction of sp³-hybridized carbons (Fsp3) is 0.385. The maximum absolute atomic E-state index is 12.4. The van der Waals surface area contributed by atoms with E-state index in [-0.39, 0.29) is 11.9 Å². The van der Waals surface area contributed by atoms with Crippen LogP contribution in [0.3, 0.4) is 0 Å². The van der Waals surface area contributed by atoms with Gasteiger partial charge in [-0.1, -0.05) is 6.07 Å². The number of para-hydroxylation sites is 1. The maximum Gasteiger partial charge on any atom is 0.256 e. The Balaban J connectivity index is 2.14. The van der Waals surface area contributed by atoms with E-state index < -0.39 is 0 Å². The normalized spacial score (nSPS) is 22.1. The van der Waals surface area contributed by atoms with Crippen molar-refractivity contribution in [1.82, 2.24) is 4.90 Å². The minimum Gasteiger partial charge on any atom is -0.494 e. The first kappa shape index (κ1) is 10.3. The lowest BCUT2D eigenvalue weighted by Crippen LogP contribution is -2.35. The number of hydrogen-bond acceptors (Lipinski definition) is 3. The van der Waals surface area contributed by atoms with Crippen LogP contribution in [0.5, 0.6) is 5.75 Å². The summed E-state index contributed by atoms with van der Waals surface area (Å²) in [6, 6.07) is 5.64. The van der Waals surface area contributed by atoms with Gasteiger partial charge in [-0.15, -0.1) is 0 Å². The molecule has 0 aromatic heterocycles. The predicted octanol–water partition coefficient (Wildman–Crippen LogP) is 2.02. The van der Waals surface area contributed by atoms with Crippen molar-refractivity contribution >= 4 is 17.8 Å². The topological polar surface area (TPSA) is 41.9 Å². The number of aliphatic imine (C=N–C) groups is 1. The van der Waals surface area contributed by atoms with Crippen molar-refractivity contribution in [2.45, 2.75) is 18.9 Å². The molecule has 1 atom stereocenters. The molecular weight excluding hydrogens is 216 g/mol. The molecule has 1 aromatic carbocycles. The van der Waals surface area contributed by atoms with E-state index in [2.05, 4.69) is 4.99 Å². The van der Waals surface area contributed by atoms with Crippen LogP contribution >= 0.6 is 0 Å². The molecule has 1 aromatic rings. The summed E-state index contributed by atoms with van der Waals surface area (Å²) in [5.41, 5.74) is 1.31. The first-order valence-electron chi connectivity index (χ1n) is 5.83. The molecule has 0 aliphatic carbocycles. The highest BCUT2D eigenvalue weighted by Gasteiger charge is 2.32. The van der Waals surface area contributed by atoms with Gasteiger partial charge in [0, 0.05) is 12.8 Å². The van der Waals surface area contributed by atoms with Crippen LogP contribution in [-0.4, -0.2) is 36.7 Å². The average molecular weight is 230 g/mol. The molecule has 1 amide bonds. The van der Waals surface area contributed by atoms with Crippen molar-refractivity contribution in [3.63, 3.8) is 0 Å². The van der Waals surface area contributed by atoms with Gasteiger partial charge in [0.2, 0.25) is 0 Å². The number of methoxy groups -OCH3 is 1. The number of nitrogens with zero attached hydrogens (tertiary/aromatic N) is 2. The summed E-state index contributed by atoms with van der Waals surface area (Å²) >= 11 is 0. The molecule has 0 bridgehead atoms. The summed E-state index contributed by atoms with van der Waals surface area (Å²) in [6.07, 6.45) is 3.94. The number of rotatable bonds is 1. The third kappa shape index (κ3) is 1.52. The molecular formula is C13H14N2O2. The van der Waals surface area contributed by atoms with E-state index in [0.717, 1.165) is 19.4 Å². The van der Waals surface area contributed by atoms with Crippen LogP contribution in [0, 0.1) is 0 Å². The molecule has 2 aliphatic rings. The molecule has 4 heteroatoms. The van der Waals surface area contributed by atoms with Crippen LogP contribution in [0.4, 0.5) is 5.69 Å². The summed E-state index contributed by atoms with van der Waals surface area (Å²) in [4.78, 5) is 18.7. The van der Waals surface area contributed by atoms with Crippen molar-refractivity contribution in [2.24, 2.45) is 4.99 Å². The molecule has 88 valence electrons. The van der Waals surface area contributed by atoms with Crippen LogP contribution in [-0.2, 0) is 0 Å². The van der Waals surface area contributed by atoms with E-state index in [1.54, 1.807) is 7.11 Å². The molecule has 17 heavy (non-hydrogen) atoms. The van der Waals surface area contributed by atoms with Gasteiger partial charge in [-0.25, -0.2) is 0 Å². The van der Waals surface area contributed by atoms with Gasteiger partial charge in [-0.05, 0) is 25.0 Å². The van der Waals surface area contributed by atoms with Crippen molar-refractivity contribution in [3.05, 3.63) is 23.8 Å². The Morgan fingerprint density at radius 3 is 3.18 bits per heavy atom.